The molecule has 0 aliphatic carbocycles. The number of nitrogens with one attached hydrogen (secondary N) is 2. The van der Waals surface area contributed by atoms with Crippen molar-refractivity contribution in [1.29, 1.82) is 0 Å². The third-order valence-corrected chi connectivity index (χ3v) is 8.73. The van der Waals surface area contributed by atoms with Crippen LogP contribution in [0.4, 0.5) is 9.59 Å². The number of rotatable bonds is 17. The van der Waals surface area contributed by atoms with Crippen molar-refractivity contribution in [2.75, 3.05) is 24.9 Å². The van der Waals surface area contributed by atoms with Crippen molar-refractivity contribution in [2.24, 2.45) is 17.8 Å². The van der Waals surface area contributed by atoms with E-state index in [1.165, 1.54) is 29.7 Å². The Kier molecular flexibility index (Phi) is 18.2. The average molecular weight is 655 g/mol. The van der Waals surface area contributed by atoms with E-state index in [0.29, 0.717) is 24.3 Å². The molecule has 4 atom stereocenters. The third kappa shape index (κ3) is 17.3. The zero-order chi connectivity index (χ0) is 32.4. The fraction of sp³-hybridized carbons (Fsp3) is 0.548. The smallest absolute Gasteiger partial charge is 0.408 e. The van der Waals surface area contributed by atoms with Crippen LogP contribution < -0.4 is 10.6 Å². The standard InChI is InChI=1S/C31H46N2O7S3/c1-21(2)23(15-16-25(20-42-43-30(38)39-6)32-29(37)40-31(3,4)5)13-14-24(19-22-11-9-8-10-12-22)27(34)33-26(28(35)36)17-18-41-7/h8-16,21,23-26H,17-20H2,1-7H3,(H,32,37)(H,33,34)(H,35,36)/b14-13+,16-15+/t23-,24-,25-,26+/m1/s1. The second kappa shape index (κ2) is 20.4. The summed E-state index contributed by atoms with van der Waals surface area (Å²) in [6.45, 7) is 9.44. The maximum atomic E-state index is 13.4. The van der Waals surface area contributed by atoms with Crippen LogP contribution in [0.25, 0.3) is 0 Å². The van der Waals surface area contributed by atoms with Gasteiger partial charge in [0.25, 0.3) is 0 Å². The second-order valence-electron chi connectivity index (χ2n) is 11.1. The summed E-state index contributed by atoms with van der Waals surface area (Å²) in [7, 11) is 3.50. The second-order valence-corrected chi connectivity index (χ2v) is 14.4. The monoisotopic (exact) mass is 654 g/mol. The van der Waals surface area contributed by atoms with Crippen LogP contribution in [-0.4, -0.2) is 70.9 Å². The lowest BCUT2D eigenvalue weighted by atomic mass is 9.90. The number of allylic oxidation sites excluding steroid dienone is 2. The molecule has 0 bridgehead atoms. The van der Waals surface area contributed by atoms with Gasteiger partial charge in [0.2, 0.25) is 5.91 Å². The number of carbonyl (C=O) groups is 4. The van der Waals surface area contributed by atoms with Gasteiger partial charge in [0.05, 0.1) is 19.1 Å². The van der Waals surface area contributed by atoms with Crippen LogP contribution in [0, 0.1) is 17.8 Å². The van der Waals surface area contributed by atoms with Crippen molar-refractivity contribution < 1.29 is 33.8 Å². The molecule has 0 aromatic heterocycles. The number of carbonyl (C=O) groups excluding carboxylic acids is 3. The number of hydrogen-bond donors (Lipinski definition) is 3. The first-order valence-electron chi connectivity index (χ1n) is 14.0. The van der Waals surface area contributed by atoms with Gasteiger partial charge in [0.15, 0.2) is 0 Å². The highest BCUT2D eigenvalue weighted by molar-refractivity contribution is 8.82. The van der Waals surface area contributed by atoms with Gasteiger partial charge in [-0.25, -0.2) is 14.4 Å². The van der Waals surface area contributed by atoms with Gasteiger partial charge in [0, 0.05) is 16.5 Å². The van der Waals surface area contributed by atoms with Crippen molar-refractivity contribution in [3.05, 3.63) is 60.2 Å². The van der Waals surface area contributed by atoms with E-state index in [-0.39, 0.29) is 17.7 Å². The Morgan fingerprint density at radius 2 is 1.65 bits per heavy atom. The molecule has 12 heteroatoms. The highest BCUT2D eigenvalue weighted by Crippen LogP contribution is 2.25. The molecule has 9 nitrogen and oxygen atoms in total. The van der Waals surface area contributed by atoms with E-state index in [1.807, 2.05) is 74.7 Å². The van der Waals surface area contributed by atoms with Gasteiger partial charge in [-0.1, -0.05) is 79.3 Å². The van der Waals surface area contributed by atoms with Crippen LogP contribution in [0.5, 0.6) is 0 Å². The van der Waals surface area contributed by atoms with Crippen molar-refractivity contribution in [3.8, 4) is 0 Å². The number of ether oxygens (including phenoxy) is 2. The Balaban J connectivity index is 3.20. The third-order valence-electron chi connectivity index (χ3n) is 6.00. The summed E-state index contributed by atoms with van der Waals surface area (Å²) in [5, 5.41) is 14.8. The molecule has 1 rings (SSSR count). The van der Waals surface area contributed by atoms with Crippen LogP contribution in [0.15, 0.2) is 54.6 Å². The lowest BCUT2D eigenvalue weighted by molar-refractivity contribution is -0.142. The fourth-order valence-electron chi connectivity index (χ4n) is 3.72. The summed E-state index contributed by atoms with van der Waals surface area (Å²) in [6, 6.07) is 8.18. The highest BCUT2D eigenvalue weighted by Gasteiger charge is 2.25. The van der Waals surface area contributed by atoms with E-state index in [0.717, 1.165) is 16.4 Å². The number of alkyl carbamates (subject to hydrolysis) is 1. The highest BCUT2D eigenvalue weighted by atomic mass is 33.1. The summed E-state index contributed by atoms with van der Waals surface area (Å²) in [6.07, 6.45) is 9.68. The normalized spacial score (nSPS) is 14.7. The summed E-state index contributed by atoms with van der Waals surface area (Å²) in [5.74, 6) is -0.933. The molecule has 0 fully saturated rings. The number of thioether (sulfide) groups is 1. The molecule has 0 saturated carbocycles. The van der Waals surface area contributed by atoms with Crippen LogP contribution in [0.2, 0.25) is 0 Å². The maximum absolute atomic E-state index is 13.4. The van der Waals surface area contributed by atoms with E-state index in [2.05, 4.69) is 15.4 Å². The number of hydrogen-bond acceptors (Lipinski definition) is 9. The first-order chi connectivity index (χ1) is 20.2. The molecular formula is C31H46N2O7S3. The molecule has 0 radical (unpaired) electrons. The van der Waals surface area contributed by atoms with Crippen molar-refractivity contribution in [3.63, 3.8) is 0 Å². The zero-order valence-corrected chi connectivity index (χ0v) is 28.5. The first kappa shape index (κ1) is 38.5. The Labute approximate surface area is 268 Å². The van der Waals surface area contributed by atoms with Crippen molar-refractivity contribution >= 4 is 56.6 Å². The van der Waals surface area contributed by atoms with Crippen LogP contribution >= 0.6 is 33.3 Å². The van der Waals surface area contributed by atoms with Gasteiger partial charge in [0.1, 0.15) is 11.6 Å². The summed E-state index contributed by atoms with van der Waals surface area (Å²) < 4.78 is 10.1. The van der Waals surface area contributed by atoms with Gasteiger partial charge in [-0.05, 0) is 63.0 Å². The Morgan fingerprint density at radius 3 is 2.21 bits per heavy atom. The molecule has 0 unspecified atom stereocenters. The molecule has 43 heavy (non-hydrogen) atoms. The van der Waals surface area contributed by atoms with Crippen LogP contribution in [0.1, 0.15) is 46.6 Å². The van der Waals surface area contributed by atoms with E-state index in [1.54, 1.807) is 20.8 Å². The Bertz CT molecular complexity index is 1070. The predicted octanol–water partition coefficient (Wildman–Crippen LogP) is 6.59. The number of carboxylic acids is 1. The summed E-state index contributed by atoms with van der Waals surface area (Å²) in [4.78, 5) is 49.2. The van der Waals surface area contributed by atoms with Gasteiger partial charge < -0.3 is 25.2 Å². The Hall–Kier alpha value is -2.57. The first-order valence-corrected chi connectivity index (χ1v) is 17.8. The average Bonchev–Trinajstić information content (AvgIpc) is 2.93. The topological polar surface area (TPSA) is 131 Å². The van der Waals surface area contributed by atoms with Gasteiger partial charge >= 0.3 is 17.4 Å². The minimum absolute atomic E-state index is 0.0981. The molecule has 2 amide bonds. The molecule has 3 N–H and O–H groups in total. The summed E-state index contributed by atoms with van der Waals surface area (Å²) >= 11 is 1.53. The van der Waals surface area contributed by atoms with E-state index < -0.39 is 41.0 Å². The lowest BCUT2D eigenvalue weighted by Crippen LogP contribution is -2.44. The predicted molar refractivity (Wildman–Crippen MR) is 178 cm³/mol. The molecule has 0 spiro atoms. The number of benzene rings is 1. The van der Waals surface area contributed by atoms with E-state index >= 15 is 0 Å². The number of carboxylic acid groups (broad SMARTS) is 1. The van der Waals surface area contributed by atoms with E-state index in [9.17, 15) is 24.3 Å². The largest absolute Gasteiger partial charge is 0.480 e. The molecule has 0 aliphatic heterocycles. The Morgan fingerprint density at radius 1 is 1.00 bits per heavy atom. The fourth-order valence-corrected chi connectivity index (χ4v) is 5.90. The molecular weight excluding hydrogens is 609 g/mol. The molecule has 240 valence electrons. The minimum Gasteiger partial charge on any atom is -0.480 e. The number of amides is 2. The zero-order valence-electron chi connectivity index (χ0n) is 26.0. The van der Waals surface area contributed by atoms with Crippen LogP contribution in [-0.2, 0) is 25.5 Å². The van der Waals surface area contributed by atoms with Crippen molar-refractivity contribution in [1.82, 2.24) is 10.6 Å². The molecule has 0 aliphatic rings. The van der Waals surface area contributed by atoms with Crippen molar-refractivity contribution in [2.45, 2.75) is 65.1 Å². The lowest BCUT2D eigenvalue weighted by Gasteiger charge is -2.22. The maximum Gasteiger partial charge on any atom is 0.408 e. The molecule has 1 aromatic carbocycles. The number of methoxy groups -OCH3 is 1. The molecule has 0 heterocycles. The van der Waals surface area contributed by atoms with E-state index in [4.69, 9.17) is 4.74 Å². The van der Waals surface area contributed by atoms with Crippen LogP contribution in [0.3, 0.4) is 0 Å². The summed E-state index contributed by atoms with van der Waals surface area (Å²) in [5.41, 5.74) is 0.292. The molecule has 1 aromatic rings. The quantitative estimate of drug-likeness (QED) is 0.0960. The minimum atomic E-state index is -1.06. The van der Waals surface area contributed by atoms with Gasteiger partial charge in [-0.3, -0.25) is 4.79 Å². The number of aliphatic carboxylic acids is 1. The van der Waals surface area contributed by atoms with Gasteiger partial charge in [-0.15, -0.1) is 0 Å². The SMILES string of the molecule is COC(=O)SSC[C@@H](/C=C/[C@@H](/C=C/[C@H](Cc1ccccc1)C(=O)N[C@@H](CCSC)C(=O)O)C(C)C)NC(=O)OC(C)(C)C. The van der Waals surface area contributed by atoms with Gasteiger partial charge in [-0.2, -0.15) is 11.8 Å². The molecule has 0 saturated heterocycles.